The Morgan fingerprint density at radius 3 is 2.40 bits per heavy atom. The quantitative estimate of drug-likeness (QED) is 0.725. The van der Waals surface area contributed by atoms with Gasteiger partial charge >= 0.3 is 0 Å². The number of hydrogen-bond donors (Lipinski definition) is 1. The number of amides is 1. The lowest BCUT2D eigenvalue weighted by Gasteiger charge is -2.26. The maximum atomic E-state index is 13.2. The van der Waals surface area contributed by atoms with E-state index in [0.29, 0.717) is 31.1 Å². The molecule has 1 saturated heterocycles. The molecule has 1 aliphatic heterocycles. The number of piperidine rings is 1. The second-order valence-corrected chi connectivity index (χ2v) is 9.90. The molecule has 0 unspecified atom stereocenters. The number of anilines is 1. The highest BCUT2D eigenvalue weighted by molar-refractivity contribution is 7.89. The highest BCUT2D eigenvalue weighted by atomic mass is 32.2. The molecule has 2 fully saturated rings. The van der Waals surface area contributed by atoms with Gasteiger partial charge in [0.1, 0.15) is 5.75 Å². The van der Waals surface area contributed by atoms with Gasteiger partial charge in [0.15, 0.2) is 0 Å². The van der Waals surface area contributed by atoms with E-state index in [2.05, 4.69) is 5.32 Å². The summed E-state index contributed by atoms with van der Waals surface area (Å²) < 4.78 is 33.4. The van der Waals surface area contributed by atoms with Crippen LogP contribution < -0.4 is 10.1 Å². The van der Waals surface area contributed by atoms with Crippen LogP contribution in [0.15, 0.2) is 53.4 Å². The third-order valence-corrected chi connectivity index (χ3v) is 7.86. The Morgan fingerprint density at radius 2 is 1.77 bits per heavy atom. The first-order valence-corrected chi connectivity index (χ1v) is 12.1. The largest absolute Gasteiger partial charge is 0.492 e. The number of hydrogen-bond acceptors (Lipinski definition) is 4. The maximum Gasteiger partial charge on any atom is 0.243 e. The number of carbonyl (C=O) groups is 1. The highest BCUT2D eigenvalue weighted by Crippen LogP contribution is 2.49. The van der Waals surface area contributed by atoms with Crippen LogP contribution >= 0.6 is 0 Å². The molecule has 160 valence electrons. The number of sulfonamides is 1. The molecule has 1 heterocycles. The van der Waals surface area contributed by atoms with E-state index in [1.54, 1.807) is 12.1 Å². The molecular formula is C23H28N2O4S. The van der Waals surface area contributed by atoms with Gasteiger partial charge in [-0.15, -0.1) is 0 Å². The van der Waals surface area contributed by atoms with E-state index in [4.69, 9.17) is 4.74 Å². The predicted molar refractivity (Wildman–Crippen MR) is 116 cm³/mol. The van der Waals surface area contributed by atoms with E-state index in [9.17, 15) is 13.2 Å². The minimum absolute atomic E-state index is 0.123. The fourth-order valence-corrected chi connectivity index (χ4v) is 5.62. The summed E-state index contributed by atoms with van der Waals surface area (Å²) in [7, 11) is -3.60. The van der Waals surface area contributed by atoms with Crippen molar-refractivity contribution in [3.63, 3.8) is 0 Å². The van der Waals surface area contributed by atoms with Crippen molar-refractivity contribution in [1.82, 2.24) is 4.31 Å². The summed E-state index contributed by atoms with van der Waals surface area (Å²) in [6.07, 6.45) is 4.36. The number of benzene rings is 2. The minimum atomic E-state index is -3.60. The second kappa shape index (κ2) is 8.40. The molecule has 0 atom stereocenters. The molecule has 1 N–H and O–H groups in total. The molecule has 6 nitrogen and oxygen atoms in total. The van der Waals surface area contributed by atoms with Crippen molar-refractivity contribution in [3.8, 4) is 5.75 Å². The monoisotopic (exact) mass is 428 g/mol. The summed E-state index contributed by atoms with van der Waals surface area (Å²) in [5, 5.41) is 2.97. The van der Waals surface area contributed by atoms with Crippen LogP contribution in [0.1, 0.15) is 44.6 Å². The molecule has 0 spiro atoms. The summed E-state index contributed by atoms with van der Waals surface area (Å²) in [4.78, 5) is 13.4. The molecule has 1 saturated carbocycles. The van der Waals surface area contributed by atoms with Crippen molar-refractivity contribution >= 4 is 21.6 Å². The fourth-order valence-electron chi connectivity index (χ4n) is 4.07. The second-order valence-electron chi connectivity index (χ2n) is 7.96. The molecule has 2 aromatic rings. The lowest BCUT2D eigenvalue weighted by molar-refractivity contribution is -0.118. The Morgan fingerprint density at radius 1 is 1.07 bits per heavy atom. The van der Waals surface area contributed by atoms with E-state index in [1.807, 2.05) is 37.3 Å². The van der Waals surface area contributed by atoms with E-state index in [1.165, 1.54) is 10.4 Å². The summed E-state index contributed by atoms with van der Waals surface area (Å²) in [6, 6.07) is 14.5. The Hall–Kier alpha value is -2.38. The molecule has 30 heavy (non-hydrogen) atoms. The molecule has 1 amide bonds. The van der Waals surface area contributed by atoms with Crippen LogP contribution in [0.25, 0.3) is 0 Å². The highest BCUT2D eigenvalue weighted by Gasteiger charge is 2.51. The standard InChI is InChI=1S/C23H28N2O4S/c1-2-29-21-12-11-19(30(27,28)25-15-7-4-8-16-25)17-20(21)24-22(26)23(13-14-23)18-9-5-3-6-10-18/h3,5-6,9-12,17H,2,4,7-8,13-16H2,1H3,(H,24,26). The number of carbonyl (C=O) groups excluding carboxylic acids is 1. The average molecular weight is 429 g/mol. The van der Waals surface area contributed by atoms with Crippen LogP contribution in [0.3, 0.4) is 0 Å². The lowest BCUT2D eigenvalue weighted by Crippen LogP contribution is -2.35. The molecular weight excluding hydrogens is 400 g/mol. The molecule has 2 aliphatic rings. The number of rotatable bonds is 7. The van der Waals surface area contributed by atoms with Gasteiger partial charge < -0.3 is 10.1 Å². The summed E-state index contributed by atoms with van der Waals surface area (Å²) >= 11 is 0. The predicted octanol–water partition coefficient (Wildman–Crippen LogP) is 3.93. The van der Waals surface area contributed by atoms with Gasteiger partial charge in [-0.1, -0.05) is 36.8 Å². The average Bonchev–Trinajstić information content (AvgIpc) is 3.58. The van der Waals surface area contributed by atoms with E-state index in [-0.39, 0.29) is 10.8 Å². The van der Waals surface area contributed by atoms with Gasteiger partial charge in [0.25, 0.3) is 0 Å². The van der Waals surface area contributed by atoms with Crippen LogP contribution in [-0.4, -0.2) is 38.3 Å². The van der Waals surface area contributed by atoms with Crippen molar-refractivity contribution in [2.45, 2.75) is 49.3 Å². The maximum absolute atomic E-state index is 13.2. The van der Waals surface area contributed by atoms with Gasteiger partial charge in [-0.25, -0.2) is 8.42 Å². The molecule has 0 radical (unpaired) electrons. The van der Waals surface area contributed by atoms with Crippen LogP contribution in [0.4, 0.5) is 5.69 Å². The molecule has 7 heteroatoms. The smallest absolute Gasteiger partial charge is 0.243 e. The first kappa shape index (κ1) is 20.9. The molecule has 1 aliphatic carbocycles. The van der Waals surface area contributed by atoms with Crippen molar-refractivity contribution in [3.05, 3.63) is 54.1 Å². The third kappa shape index (κ3) is 3.96. The Kier molecular flexibility index (Phi) is 5.84. The Balaban J connectivity index is 1.63. The Bertz CT molecular complexity index is 1010. The molecule has 0 bridgehead atoms. The zero-order chi connectivity index (χ0) is 21.2. The SMILES string of the molecule is CCOc1ccc(S(=O)(=O)N2CCCCC2)cc1NC(=O)C1(c2ccccc2)CC1. The first-order chi connectivity index (χ1) is 14.5. The summed E-state index contributed by atoms with van der Waals surface area (Å²) in [6.45, 7) is 3.35. The van der Waals surface area contributed by atoms with E-state index in [0.717, 1.165) is 37.7 Å². The molecule has 0 aromatic heterocycles. The van der Waals surface area contributed by atoms with Gasteiger partial charge in [-0.05, 0) is 56.4 Å². The van der Waals surface area contributed by atoms with Gasteiger partial charge in [0, 0.05) is 13.1 Å². The normalized spacial score (nSPS) is 18.6. The number of nitrogens with zero attached hydrogens (tertiary/aromatic N) is 1. The number of nitrogens with one attached hydrogen (secondary N) is 1. The van der Waals surface area contributed by atoms with Crippen LogP contribution in [0.2, 0.25) is 0 Å². The number of ether oxygens (including phenoxy) is 1. The first-order valence-electron chi connectivity index (χ1n) is 10.6. The van der Waals surface area contributed by atoms with Gasteiger partial charge in [-0.3, -0.25) is 4.79 Å². The summed E-state index contributed by atoms with van der Waals surface area (Å²) in [5.74, 6) is 0.356. The minimum Gasteiger partial charge on any atom is -0.492 e. The van der Waals surface area contributed by atoms with E-state index >= 15 is 0 Å². The topological polar surface area (TPSA) is 75.7 Å². The fraction of sp³-hybridized carbons (Fsp3) is 0.435. The summed E-state index contributed by atoms with van der Waals surface area (Å²) in [5.41, 5.74) is 0.839. The van der Waals surface area contributed by atoms with Crippen molar-refractivity contribution in [2.75, 3.05) is 25.0 Å². The van der Waals surface area contributed by atoms with Crippen LogP contribution in [-0.2, 0) is 20.2 Å². The molecule has 4 rings (SSSR count). The molecule has 2 aromatic carbocycles. The lowest BCUT2D eigenvalue weighted by atomic mass is 9.95. The Labute approximate surface area is 178 Å². The zero-order valence-electron chi connectivity index (χ0n) is 17.3. The van der Waals surface area contributed by atoms with Crippen molar-refractivity contribution in [2.24, 2.45) is 0 Å². The third-order valence-electron chi connectivity index (χ3n) is 5.96. The van der Waals surface area contributed by atoms with Gasteiger partial charge in [0.05, 0.1) is 22.6 Å². The van der Waals surface area contributed by atoms with Crippen LogP contribution in [0, 0.1) is 0 Å². The van der Waals surface area contributed by atoms with E-state index < -0.39 is 15.4 Å². The zero-order valence-corrected chi connectivity index (χ0v) is 18.1. The van der Waals surface area contributed by atoms with Gasteiger partial charge in [-0.2, -0.15) is 4.31 Å². The van der Waals surface area contributed by atoms with Crippen molar-refractivity contribution < 1.29 is 17.9 Å². The van der Waals surface area contributed by atoms with Gasteiger partial charge in [0.2, 0.25) is 15.9 Å². The van der Waals surface area contributed by atoms with Crippen molar-refractivity contribution in [1.29, 1.82) is 0 Å². The van der Waals surface area contributed by atoms with Crippen LogP contribution in [0.5, 0.6) is 5.75 Å².